The molecule has 100 valence electrons. The lowest BCUT2D eigenvalue weighted by atomic mass is 10.3. The Morgan fingerprint density at radius 2 is 2.16 bits per heavy atom. The van der Waals surface area contributed by atoms with Crippen LogP contribution >= 0.6 is 11.8 Å². The number of tetrazole rings is 1. The Kier molecular flexibility index (Phi) is 4.48. The summed E-state index contributed by atoms with van der Waals surface area (Å²) in [5.74, 6) is 0.476. The maximum atomic E-state index is 10.6. The number of carboxylic acid groups (broad SMARTS) is 1. The molecule has 0 bridgehead atoms. The molecule has 2 rings (SSSR count). The second-order valence-electron chi connectivity index (χ2n) is 3.80. The zero-order valence-corrected chi connectivity index (χ0v) is 10.8. The Balaban J connectivity index is 1.99. The van der Waals surface area contributed by atoms with E-state index in [9.17, 15) is 4.79 Å². The van der Waals surface area contributed by atoms with Crippen LogP contribution in [-0.2, 0) is 10.5 Å². The molecule has 1 atom stereocenters. The molecule has 0 amide bonds. The third kappa shape index (κ3) is 3.52. The molecular formula is C11H13N5O2S. The lowest BCUT2D eigenvalue weighted by Gasteiger charge is -2.06. The Labute approximate surface area is 113 Å². The van der Waals surface area contributed by atoms with Crippen molar-refractivity contribution < 1.29 is 9.90 Å². The molecule has 2 aromatic rings. The largest absolute Gasteiger partial charge is 0.480 e. The minimum Gasteiger partial charge on any atom is -0.480 e. The van der Waals surface area contributed by atoms with Gasteiger partial charge in [-0.05, 0) is 22.6 Å². The van der Waals surface area contributed by atoms with Crippen molar-refractivity contribution in [1.29, 1.82) is 0 Å². The standard InChI is InChI=1S/C11H13N5O2S/c12-9(11(17)18)6-19-7-10-13-14-15-16(10)8-4-2-1-3-5-8/h1-5,9H,6-7,12H2,(H,17,18)/t9-/m1/s1. The molecule has 0 aliphatic rings. The number of hydrogen-bond acceptors (Lipinski definition) is 6. The van der Waals surface area contributed by atoms with Gasteiger partial charge in [-0.1, -0.05) is 18.2 Å². The summed E-state index contributed by atoms with van der Waals surface area (Å²) < 4.78 is 1.62. The molecule has 7 nitrogen and oxygen atoms in total. The van der Waals surface area contributed by atoms with Crippen molar-refractivity contribution in [2.45, 2.75) is 11.8 Å². The molecule has 1 aromatic carbocycles. The molecule has 0 unspecified atom stereocenters. The van der Waals surface area contributed by atoms with Gasteiger partial charge in [0.15, 0.2) is 5.82 Å². The number of benzene rings is 1. The smallest absolute Gasteiger partial charge is 0.321 e. The van der Waals surface area contributed by atoms with E-state index in [2.05, 4.69) is 15.5 Å². The zero-order valence-electron chi connectivity index (χ0n) is 10.0. The summed E-state index contributed by atoms with van der Waals surface area (Å²) in [5, 5.41) is 20.2. The number of carbonyl (C=O) groups is 1. The number of nitrogens with two attached hydrogens (primary N) is 1. The fourth-order valence-corrected chi connectivity index (χ4v) is 2.29. The molecule has 8 heteroatoms. The van der Waals surface area contributed by atoms with E-state index in [0.717, 1.165) is 5.69 Å². The number of para-hydroxylation sites is 1. The lowest BCUT2D eigenvalue weighted by molar-refractivity contribution is -0.137. The maximum absolute atomic E-state index is 10.6. The van der Waals surface area contributed by atoms with Crippen LogP contribution < -0.4 is 5.73 Å². The van der Waals surface area contributed by atoms with Crippen molar-refractivity contribution in [3.63, 3.8) is 0 Å². The molecule has 19 heavy (non-hydrogen) atoms. The monoisotopic (exact) mass is 279 g/mol. The minimum absolute atomic E-state index is 0.316. The van der Waals surface area contributed by atoms with Crippen molar-refractivity contribution >= 4 is 17.7 Å². The summed E-state index contributed by atoms with van der Waals surface area (Å²) >= 11 is 1.39. The normalized spacial score (nSPS) is 12.3. The van der Waals surface area contributed by atoms with Gasteiger partial charge in [0, 0.05) is 5.75 Å². The van der Waals surface area contributed by atoms with Gasteiger partial charge in [0.2, 0.25) is 0 Å². The van der Waals surface area contributed by atoms with Gasteiger partial charge in [0.05, 0.1) is 11.4 Å². The second kappa shape index (κ2) is 6.30. The van der Waals surface area contributed by atoms with Crippen molar-refractivity contribution in [3.8, 4) is 5.69 Å². The molecule has 0 aliphatic carbocycles. The highest BCUT2D eigenvalue weighted by atomic mass is 32.2. The molecule has 0 aliphatic heterocycles. The van der Waals surface area contributed by atoms with Gasteiger partial charge in [0.25, 0.3) is 0 Å². The summed E-state index contributed by atoms with van der Waals surface area (Å²) in [6, 6.07) is 8.63. The molecule has 1 heterocycles. The zero-order chi connectivity index (χ0) is 13.7. The number of thioether (sulfide) groups is 1. The van der Waals surface area contributed by atoms with Crippen LogP contribution in [0.3, 0.4) is 0 Å². The Morgan fingerprint density at radius 1 is 1.42 bits per heavy atom. The van der Waals surface area contributed by atoms with Gasteiger partial charge in [-0.2, -0.15) is 16.4 Å². The summed E-state index contributed by atoms with van der Waals surface area (Å²) in [5.41, 5.74) is 6.29. The first-order valence-electron chi connectivity index (χ1n) is 5.57. The van der Waals surface area contributed by atoms with Crippen LogP contribution in [-0.4, -0.2) is 43.1 Å². The highest BCUT2D eigenvalue weighted by molar-refractivity contribution is 7.98. The molecule has 1 aromatic heterocycles. The Morgan fingerprint density at radius 3 is 2.84 bits per heavy atom. The van der Waals surface area contributed by atoms with Gasteiger partial charge in [-0.25, -0.2) is 0 Å². The molecular weight excluding hydrogens is 266 g/mol. The third-order valence-electron chi connectivity index (χ3n) is 2.38. The van der Waals surface area contributed by atoms with Crippen LogP contribution in [0.5, 0.6) is 0 Å². The first kappa shape index (κ1) is 13.5. The van der Waals surface area contributed by atoms with Crippen LogP contribution in [0.1, 0.15) is 5.82 Å². The highest BCUT2D eigenvalue weighted by Gasteiger charge is 2.13. The van der Waals surface area contributed by atoms with Gasteiger partial charge in [-0.15, -0.1) is 5.10 Å². The number of aliphatic carboxylic acids is 1. The van der Waals surface area contributed by atoms with Crippen molar-refractivity contribution in [2.75, 3.05) is 5.75 Å². The van der Waals surface area contributed by atoms with Gasteiger partial charge in [-0.3, -0.25) is 4.79 Å². The maximum Gasteiger partial charge on any atom is 0.321 e. The summed E-state index contributed by atoms with van der Waals surface area (Å²) in [4.78, 5) is 10.6. The van der Waals surface area contributed by atoms with E-state index >= 15 is 0 Å². The van der Waals surface area contributed by atoms with E-state index in [1.165, 1.54) is 11.8 Å². The quantitative estimate of drug-likeness (QED) is 0.783. The molecule has 0 saturated carbocycles. The highest BCUT2D eigenvalue weighted by Crippen LogP contribution is 2.13. The average Bonchev–Trinajstić information content (AvgIpc) is 2.88. The minimum atomic E-state index is -1.00. The van der Waals surface area contributed by atoms with Crippen LogP contribution in [0.15, 0.2) is 30.3 Å². The predicted molar refractivity (Wildman–Crippen MR) is 70.9 cm³/mol. The first-order chi connectivity index (χ1) is 9.18. The van der Waals surface area contributed by atoms with Crippen LogP contribution in [0.2, 0.25) is 0 Å². The molecule has 0 saturated heterocycles. The predicted octanol–water partition coefficient (Wildman–Crippen LogP) is 0.307. The van der Waals surface area contributed by atoms with Crippen molar-refractivity contribution in [1.82, 2.24) is 20.2 Å². The molecule has 0 radical (unpaired) electrons. The van der Waals surface area contributed by atoms with Gasteiger partial charge >= 0.3 is 5.97 Å². The summed E-state index contributed by atoms with van der Waals surface area (Å²) in [7, 11) is 0. The number of nitrogens with zero attached hydrogens (tertiary/aromatic N) is 4. The van der Waals surface area contributed by atoms with E-state index < -0.39 is 12.0 Å². The molecule has 3 N–H and O–H groups in total. The fraction of sp³-hybridized carbons (Fsp3) is 0.273. The van der Waals surface area contributed by atoms with Crippen molar-refractivity contribution in [3.05, 3.63) is 36.2 Å². The second-order valence-corrected chi connectivity index (χ2v) is 4.83. The van der Waals surface area contributed by atoms with E-state index in [1.54, 1.807) is 4.68 Å². The lowest BCUT2D eigenvalue weighted by Crippen LogP contribution is -2.32. The van der Waals surface area contributed by atoms with E-state index in [1.807, 2.05) is 30.3 Å². The van der Waals surface area contributed by atoms with E-state index in [0.29, 0.717) is 17.3 Å². The number of hydrogen-bond donors (Lipinski definition) is 2. The molecule has 0 spiro atoms. The number of aromatic nitrogens is 4. The van der Waals surface area contributed by atoms with Crippen LogP contribution in [0.25, 0.3) is 5.69 Å². The Bertz CT molecular complexity index is 545. The van der Waals surface area contributed by atoms with Gasteiger partial charge < -0.3 is 10.8 Å². The fourth-order valence-electron chi connectivity index (χ4n) is 1.41. The summed E-state index contributed by atoms with van der Waals surface area (Å²) in [6.45, 7) is 0. The van der Waals surface area contributed by atoms with E-state index in [-0.39, 0.29) is 0 Å². The number of carboxylic acids is 1. The summed E-state index contributed by atoms with van der Waals surface area (Å²) in [6.07, 6.45) is 0. The first-order valence-corrected chi connectivity index (χ1v) is 6.73. The third-order valence-corrected chi connectivity index (χ3v) is 3.44. The van der Waals surface area contributed by atoms with Crippen LogP contribution in [0.4, 0.5) is 0 Å². The van der Waals surface area contributed by atoms with Crippen molar-refractivity contribution in [2.24, 2.45) is 5.73 Å². The van der Waals surface area contributed by atoms with Crippen LogP contribution in [0, 0.1) is 0 Å². The topological polar surface area (TPSA) is 107 Å². The Hall–Kier alpha value is -1.93. The van der Waals surface area contributed by atoms with Gasteiger partial charge in [0.1, 0.15) is 6.04 Å². The molecule has 0 fully saturated rings. The van der Waals surface area contributed by atoms with E-state index in [4.69, 9.17) is 10.8 Å². The SMILES string of the molecule is N[C@H](CSCc1nnnn1-c1ccccc1)C(=O)O. The number of rotatable bonds is 6. The average molecular weight is 279 g/mol.